The smallest absolute Gasteiger partial charge is 0.319 e. The van der Waals surface area contributed by atoms with E-state index >= 15 is 0 Å². The Labute approximate surface area is 131 Å². The molecule has 0 aromatic heterocycles. The number of ether oxygens (including phenoxy) is 1. The molecular formula is C18H22N2O2. The summed E-state index contributed by atoms with van der Waals surface area (Å²) < 4.78 is 5.27. The van der Waals surface area contributed by atoms with Gasteiger partial charge in [-0.05, 0) is 36.6 Å². The second-order valence-corrected chi connectivity index (χ2v) is 5.17. The second kappa shape index (κ2) is 7.50. The zero-order valence-electron chi connectivity index (χ0n) is 13.2. The number of carbonyl (C=O) groups excluding carboxylic acids is 1. The maximum absolute atomic E-state index is 12.3. The van der Waals surface area contributed by atoms with Crippen molar-refractivity contribution in [2.75, 3.05) is 12.4 Å². The van der Waals surface area contributed by atoms with Crippen molar-refractivity contribution in [3.05, 3.63) is 59.7 Å². The van der Waals surface area contributed by atoms with Crippen LogP contribution in [0.25, 0.3) is 0 Å². The lowest BCUT2D eigenvalue weighted by molar-refractivity contribution is 0.248. The summed E-state index contributed by atoms with van der Waals surface area (Å²) in [6.45, 7) is 4.02. The number of urea groups is 1. The molecule has 1 atom stereocenters. The monoisotopic (exact) mass is 298 g/mol. The molecule has 0 saturated carbocycles. The first-order valence-electron chi connectivity index (χ1n) is 7.41. The Kier molecular flexibility index (Phi) is 5.42. The van der Waals surface area contributed by atoms with Gasteiger partial charge in [0.15, 0.2) is 0 Å². The minimum absolute atomic E-state index is 0.0167. The Hall–Kier alpha value is -2.49. The summed E-state index contributed by atoms with van der Waals surface area (Å²) in [7, 11) is 1.59. The molecule has 4 heteroatoms. The second-order valence-electron chi connectivity index (χ2n) is 5.17. The van der Waals surface area contributed by atoms with Crippen molar-refractivity contribution in [1.29, 1.82) is 0 Å². The number of methoxy groups -OCH3 is 1. The number of amides is 2. The van der Waals surface area contributed by atoms with E-state index in [1.165, 1.54) is 0 Å². The highest BCUT2D eigenvalue weighted by atomic mass is 16.5. The highest BCUT2D eigenvalue weighted by Gasteiger charge is 2.13. The van der Waals surface area contributed by atoms with E-state index in [0.717, 1.165) is 17.5 Å². The molecule has 2 amide bonds. The van der Waals surface area contributed by atoms with Crippen LogP contribution < -0.4 is 15.4 Å². The van der Waals surface area contributed by atoms with Gasteiger partial charge in [-0.25, -0.2) is 4.79 Å². The van der Waals surface area contributed by atoms with Gasteiger partial charge in [-0.2, -0.15) is 0 Å². The minimum atomic E-state index is -0.236. The van der Waals surface area contributed by atoms with E-state index in [9.17, 15) is 4.79 Å². The van der Waals surface area contributed by atoms with Gasteiger partial charge in [0.1, 0.15) is 5.75 Å². The maximum Gasteiger partial charge on any atom is 0.319 e. The first kappa shape index (κ1) is 15.9. The van der Waals surface area contributed by atoms with Crippen LogP contribution in [0, 0.1) is 6.92 Å². The summed E-state index contributed by atoms with van der Waals surface area (Å²) in [5.74, 6) is 0.647. The summed E-state index contributed by atoms with van der Waals surface area (Å²) in [6, 6.07) is 15.4. The van der Waals surface area contributed by atoms with Gasteiger partial charge in [-0.15, -0.1) is 0 Å². The van der Waals surface area contributed by atoms with Gasteiger partial charge in [0.05, 0.1) is 18.8 Å². The highest BCUT2D eigenvalue weighted by molar-refractivity contribution is 5.91. The first-order valence-corrected chi connectivity index (χ1v) is 7.41. The molecule has 0 spiro atoms. The Morgan fingerprint density at radius 3 is 2.55 bits per heavy atom. The summed E-state index contributed by atoms with van der Waals surface area (Å²) >= 11 is 0. The van der Waals surface area contributed by atoms with Crippen molar-refractivity contribution < 1.29 is 9.53 Å². The predicted octanol–water partition coefficient (Wildman–Crippen LogP) is 4.28. The van der Waals surface area contributed by atoms with Gasteiger partial charge in [0, 0.05) is 0 Å². The number of hydrogen-bond acceptors (Lipinski definition) is 2. The molecule has 4 nitrogen and oxygen atoms in total. The fourth-order valence-electron chi connectivity index (χ4n) is 2.34. The van der Waals surface area contributed by atoms with E-state index in [4.69, 9.17) is 4.74 Å². The molecule has 0 radical (unpaired) electrons. The summed E-state index contributed by atoms with van der Waals surface area (Å²) in [4.78, 5) is 12.3. The Morgan fingerprint density at radius 2 is 1.91 bits per heavy atom. The molecular weight excluding hydrogens is 276 g/mol. The van der Waals surface area contributed by atoms with Gasteiger partial charge in [-0.1, -0.05) is 43.3 Å². The largest absolute Gasteiger partial charge is 0.495 e. The van der Waals surface area contributed by atoms with Crippen molar-refractivity contribution in [3.8, 4) is 5.75 Å². The zero-order chi connectivity index (χ0) is 15.9. The highest BCUT2D eigenvalue weighted by Crippen LogP contribution is 2.25. The van der Waals surface area contributed by atoms with Crippen LogP contribution in [0.2, 0.25) is 0 Å². The summed E-state index contributed by atoms with van der Waals surface area (Å²) in [5, 5.41) is 5.86. The molecule has 0 fully saturated rings. The SMILES string of the molecule is CC[C@H](NC(=O)Nc1cc(C)ccc1OC)c1ccccc1. The molecule has 0 bridgehead atoms. The number of rotatable bonds is 5. The van der Waals surface area contributed by atoms with Crippen LogP contribution in [0.3, 0.4) is 0 Å². The molecule has 22 heavy (non-hydrogen) atoms. The molecule has 2 aromatic carbocycles. The molecule has 0 aliphatic rings. The van der Waals surface area contributed by atoms with Crippen molar-refractivity contribution in [2.24, 2.45) is 0 Å². The predicted molar refractivity (Wildman–Crippen MR) is 89.4 cm³/mol. The van der Waals surface area contributed by atoms with Gasteiger partial charge in [0.25, 0.3) is 0 Å². The molecule has 2 aromatic rings. The molecule has 0 aliphatic carbocycles. The molecule has 0 unspecified atom stereocenters. The Morgan fingerprint density at radius 1 is 1.18 bits per heavy atom. The van der Waals surface area contributed by atoms with Gasteiger partial charge in [-0.3, -0.25) is 0 Å². The number of carbonyl (C=O) groups is 1. The quantitative estimate of drug-likeness (QED) is 0.865. The molecule has 116 valence electrons. The van der Waals surface area contributed by atoms with E-state index in [0.29, 0.717) is 11.4 Å². The fourth-order valence-corrected chi connectivity index (χ4v) is 2.34. The van der Waals surface area contributed by atoms with Crippen LogP contribution in [-0.4, -0.2) is 13.1 Å². The lowest BCUT2D eigenvalue weighted by Gasteiger charge is -2.18. The Bertz CT molecular complexity index is 626. The summed E-state index contributed by atoms with van der Waals surface area (Å²) in [5.41, 5.74) is 2.82. The van der Waals surface area contributed by atoms with Crippen LogP contribution in [0.4, 0.5) is 10.5 Å². The number of nitrogens with one attached hydrogen (secondary N) is 2. The third-order valence-corrected chi connectivity index (χ3v) is 3.52. The third-order valence-electron chi connectivity index (χ3n) is 3.52. The maximum atomic E-state index is 12.3. The number of aryl methyl sites for hydroxylation is 1. The lowest BCUT2D eigenvalue weighted by Crippen LogP contribution is -2.32. The van der Waals surface area contributed by atoms with Crippen molar-refractivity contribution in [3.63, 3.8) is 0 Å². The molecule has 0 aliphatic heterocycles. The van der Waals surface area contributed by atoms with E-state index in [1.54, 1.807) is 7.11 Å². The standard InChI is InChI=1S/C18H22N2O2/c1-4-15(14-8-6-5-7-9-14)19-18(21)20-16-12-13(2)10-11-17(16)22-3/h5-12,15H,4H2,1-3H3,(H2,19,20,21)/t15-/m0/s1. The minimum Gasteiger partial charge on any atom is -0.495 e. The van der Waals surface area contributed by atoms with E-state index in [1.807, 2.05) is 62.4 Å². The van der Waals surface area contributed by atoms with Crippen LogP contribution in [0.15, 0.2) is 48.5 Å². The van der Waals surface area contributed by atoms with Gasteiger partial charge >= 0.3 is 6.03 Å². The van der Waals surface area contributed by atoms with E-state index in [-0.39, 0.29) is 12.1 Å². The van der Waals surface area contributed by atoms with Crippen molar-refractivity contribution >= 4 is 11.7 Å². The Balaban J connectivity index is 2.08. The van der Waals surface area contributed by atoms with Crippen molar-refractivity contribution in [1.82, 2.24) is 5.32 Å². The van der Waals surface area contributed by atoms with Crippen LogP contribution in [0.5, 0.6) is 5.75 Å². The van der Waals surface area contributed by atoms with Crippen molar-refractivity contribution in [2.45, 2.75) is 26.3 Å². The normalized spacial score (nSPS) is 11.6. The average Bonchev–Trinajstić information content (AvgIpc) is 2.53. The molecule has 0 heterocycles. The van der Waals surface area contributed by atoms with E-state index in [2.05, 4.69) is 10.6 Å². The van der Waals surface area contributed by atoms with Crippen LogP contribution in [-0.2, 0) is 0 Å². The average molecular weight is 298 g/mol. The van der Waals surface area contributed by atoms with Gasteiger partial charge in [0.2, 0.25) is 0 Å². The zero-order valence-corrected chi connectivity index (χ0v) is 13.2. The number of benzene rings is 2. The lowest BCUT2D eigenvalue weighted by atomic mass is 10.1. The van der Waals surface area contributed by atoms with Crippen LogP contribution in [0.1, 0.15) is 30.5 Å². The molecule has 2 rings (SSSR count). The number of hydrogen-bond donors (Lipinski definition) is 2. The van der Waals surface area contributed by atoms with Crippen LogP contribution >= 0.6 is 0 Å². The molecule has 2 N–H and O–H groups in total. The summed E-state index contributed by atoms with van der Waals surface area (Å²) in [6.07, 6.45) is 0.822. The van der Waals surface area contributed by atoms with Gasteiger partial charge < -0.3 is 15.4 Å². The first-order chi connectivity index (χ1) is 10.6. The topological polar surface area (TPSA) is 50.4 Å². The number of anilines is 1. The van der Waals surface area contributed by atoms with E-state index < -0.39 is 0 Å². The molecule has 0 saturated heterocycles. The fraction of sp³-hybridized carbons (Fsp3) is 0.278. The third kappa shape index (κ3) is 4.01.